The van der Waals surface area contributed by atoms with Crippen molar-refractivity contribution in [3.63, 3.8) is 0 Å². The zero-order valence-corrected chi connectivity index (χ0v) is 4.26. The van der Waals surface area contributed by atoms with Gasteiger partial charge in [-0.3, -0.25) is 5.21 Å². The maximum Gasteiger partial charge on any atom is 0.289 e. The minimum atomic E-state index is -1.08. The number of hydroxylamine groups is 1. The highest BCUT2D eigenvalue weighted by Gasteiger charge is 2.07. The SMILES string of the molecule is O=S1C=C[N+](O)=C1. The molecule has 0 fully saturated rings. The lowest BCUT2D eigenvalue weighted by atomic mass is 11.0. The Morgan fingerprint density at radius 3 is 2.57 bits per heavy atom. The smallest absolute Gasteiger partial charge is 0.285 e. The van der Waals surface area contributed by atoms with Crippen LogP contribution < -0.4 is 0 Å². The predicted molar refractivity (Wildman–Crippen MR) is 25.4 cm³/mol. The van der Waals surface area contributed by atoms with Crippen LogP contribution in [0.25, 0.3) is 0 Å². The van der Waals surface area contributed by atoms with Gasteiger partial charge in [0, 0.05) is 4.74 Å². The zero-order valence-electron chi connectivity index (χ0n) is 3.44. The third kappa shape index (κ3) is 0.866. The summed E-state index contributed by atoms with van der Waals surface area (Å²) in [6.45, 7) is 0. The molecule has 0 amide bonds. The molecular weight excluding hydrogens is 114 g/mol. The maximum absolute atomic E-state index is 10.2. The summed E-state index contributed by atoms with van der Waals surface area (Å²) in [5.74, 6) is 0. The fraction of sp³-hybridized carbons (Fsp3) is 0. The summed E-state index contributed by atoms with van der Waals surface area (Å²) in [4.78, 5) is 0. The Bertz CT molecular complexity index is 160. The van der Waals surface area contributed by atoms with Crippen molar-refractivity contribution in [2.75, 3.05) is 0 Å². The molecule has 4 heteroatoms. The molecular formula is C3H4NO2S+. The van der Waals surface area contributed by atoms with Crippen molar-refractivity contribution in [2.24, 2.45) is 0 Å². The molecule has 1 rings (SSSR count). The average Bonchev–Trinajstić information content (AvgIpc) is 1.87. The lowest BCUT2D eigenvalue weighted by Crippen LogP contribution is -1.93. The molecule has 38 valence electrons. The van der Waals surface area contributed by atoms with E-state index in [1.54, 1.807) is 0 Å². The molecule has 3 nitrogen and oxygen atoms in total. The summed E-state index contributed by atoms with van der Waals surface area (Å²) in [5, 5.41) is 9.79. The van der Waals surface area contributed by atoms with Gasteiger partial charge in [0.1, 0.15) is 10.8 Å². The summed E-state index contributed by atoms with van der Waals surface area (Å²) < 4.78 is 11.0. The van der Waals surface area contributed by atoms with Gasteiger partial charge in [-0.2, -0.15) is 0 Å². The van der Waals surface area contributed by atoms with Crippen molar-refractivity contribution in [3.05, 3.63) is 11.6 Å². The van der Waals surface area contributed by atoms with E-state index in [4.69, 9.17) is 5.21 Å². The van der Waals surface area contributed by atoms with E-state index < -0.39 is 10.8 Å². The Kier molecular flexibility index (Phi) is 0.941. The van der Waals surface area contributed by atoms with Gasteiger partial charge in [-0.05, 0) is 0 Å². The number of rotatable bonds is 0. The van der Waals surface area contributed by atoms with Gasteiger partial charge in [0.25, 0.3) is 5.55 Å². The van der Waals surface area contributed by atoms with Crippen LogP contribution in [0.2, 0.25) is 0 Å². The number of nitrogens with zero attached hydrogens (tertiary/aromatic N) is 1. The van der Waals surface area contributed by atoms with Gasteiger partial charge in [-0.25, -0.2) is 4.21 Å². The second-order valence-electron chi connectivity index (χ2n) is 1.10. The van der Waals surface area contributed by atoms with Crippen molar-refractivity contribution < 1.29 is 14.2 Å². The third-order valence-electron chi connectivity index (χ3n) is 0.560. The molecule has 0 aromatic rings. The van der Waals surface area contributed by atoms with E-state index in [1.807, 2.05) is 0 Å². The second-order valence-corrected chi connectivity index (χ2v) is 2.24. The van der Waals surface area contributed by atoms with Gasteiger partial charge in [0.15, 0.2) is 0 Å². The largest absolute Gasteiger partial charge is 0.289 e. The molecule has 0 saturated carbocycles. The molecule has 0 bridgehead atoms. The lowest BCUT2D eigenvalue weighted by molar-refractivity contribution is -0.719. The fourth-order valence-corrected chi connectivity index (χ4v) is 0.897. The third-order valence-corrected chi connectivity index (χ3v) is 1.37. The molecule has 1 aliphatic rings. The van der Waals surface area contributed by atoms with Crippen LogP contribution in [0, 0.1) is 0 Å². The quantitative estimate of drug-likeness (QED) is 0.349. The highest BCUT2D eigenvalue weighted by molar-refractivity contribution is 8.01. The van der Waals surface area contributed by atoms with Crippen molar-refractivity contribution in [1.82, 2.24) is 0 Å². The van der Waals surface area contributed by atoms with Gasteiger partial charge in [-0.15, -0.1) is 0 Å². The van der Waals surface area contributed by atoms with E-state index in [-0.39, 0.29) is 0 Å². The van der Waals surface area contributed by atoms with E-state index in [2.05, 4.69) is 0 Å². The van der Waals surface area contributed by atoms with E-state index in [0.717, 1.165) is 4.74 Å². The van der Waals surface area contributed by atoms with Gasteiger partial charge in [-0.1, -0.05) is 0 Å². The van der Waals surface area contributed by atoms with Gasteiger partial charge in [0.05, 0.1) is 5.41 Å². The Morgan fingerprint density at radius 1 is 1.71 bits per heavy atom. The van der Waals surface area contributed by atoms with Crippen LogP contribution in [0.5, 0.6) is 0 Å². The molecule has 0 aromatic carbocycles. The number of hydrogen-bond donors (Lipinski definition) is 1. The first kappa shape index (κ1) is 4.52. The van der Waals surface area contributed by atoms with E-state index in [9.17, 15) is 4.21 Å². The van der Waals surface area contributed by atoms with Crippen LogP contribution >= 0.6 is 0 Å². The van der Waals surface area contributed by atoms with Crippen molar-refractivity contribution >= 4 is 16.3 Å². The molecule has 0 aromatic heterocycles. The monoisotopic (exact) mass is 118 g/mol. The number of hydrogen-bond acceptors (Lipinski definition) is 2. The molecule has 7 heavy (non-hydrogen) atoms. The highest BCUT2D eigenvalue weighted by Crippen LogP contribution is 1.87. The minimum Gasteiger partial charge on any atom is -0.285 e. The molecule has 1 heterocycles. The first-order chi connectivity index (χ1) is 3.29. The van der Waals surface area contributed by atoms with Crippen molar-refractivity contribution in [3.8, 4) is 0 Å². The Balaban J connectivity index is 2.88. The Hall–Kier alpha value is -0.640. The standard InChI is InChI=1S/C3H4NO2S/c5-4-1-2-7(6)3-4/h1-3,5H/q+1. The van der Waals surface area contributed by atoms with Crippen LogP contribution in [0.4, 0.5) is 0 Å². The molecule has 1 unspecified atom stereocenters. The van der Waals surface area contributed by atoms with E-state index in [0.29, 0.717) is 0 Å². The normalized spacial score (nSPS) is 28.0. The maximum atomic E-state index is 10.2. The van der Waals surface area contributed by atoms with Crippen LogP contribution in [0.1, 0.15) is 0 Å². The van der Waals surface area contributed by atoms with Crippen molar-refractivity contribution in [2.45, 2.75) is 0 Å². The molecule has 0 saturated heterocycles. The first-order valence-electron chi connectivity index (χ1n) is 1.69. The second kappa shape index (κ2) is 1.46. The molecule has 1 atom stereocenters. The molecule has 1 aliphatic heterocycles. The zero-order chi connectivity index (χ0) is 5.28. The van der Waals surface area contributed by atoms with Gasteiger partial charge >= 0.3 is 0 Å². The fourth-order valence-electron chi connectivity index (χ4n) is 0.299. The summed E-state index contributed by atoms with van der Waals surface area (Å²) in [5.41, 5.74) is 1.19. The average molecular weight is 118 g/mol. The summed E-state index contributed by atoms with van der Waals surface area (Å²) >= 11 is 0. The predicted octanol–water partition coefficient (Wildman–Crippen LogP) is -0.350. The molecule has 0 radical (unpaired) electrons. The van der Waals surface area contributed by atoms with Crippen LogP contribution in [0.3, 0.4) is 0 Å². The first-order valence-corrected chi connectivity index (χ1v) is 2.96. The Morgan fingerprint density at radius 2 is 2.43 bits per heavy atom. The van der Waals surface area contributed by atoms with Gasteiger partial charge in [0.2, 0.25) is 6.20 Å². The lowest BCUT2D eigenvalue weighted by Gasteiger charge is -1.65. The van der Waals surface area contributed by atoms with Crippen LogP contribution in [-0.2, 0) is 10.8 Å². The van der Waals surface area contributed by atoms with Crippen LogP contribution in [-0.4, -0.2) is 19.7 Å². The Labute approximate surface area is 43.0 Å². The molecule has 1 N–H and O–H groups in total. The van der Waals surface area contributed by atoms with Crippen molar-refractivity contribution in [1.29, 1.82) is 0 Å². The topological polar surface area (TPSA) is 40.3 Å². The summed E-state index contributed by atoms with van der Waals surface area (Å²) in [7, 11) is -1.08. The van der Waals surface area contributed by atoms with Crippen LogP contribution in [0.15, 0.2) is 11.6 Å². The molecule has 0 aliphatic carbocycles. The summed E-state index contributed by atoms with van der Waals surface area (Å²) in [6.07, 6.45) is 1.33. The highest BCUT2D eigenvalue weighted by atomic mass is 32.2. The van der Waals surface area contributed by atoms with E-state index >= 15 is 0 Å². The summed E-state index contributed by atoms with van der Waals surface area (Å²) in [6, 6.07) is 0. The van der Waals surface area contributed by atoms with Gasteiger partial charge < -0.3 is 0 Å². The molecule has 0 spiro atoms. The van der Waals surface area contributed by atoms with E-state index in [1.165, 1.54) is 17.2 Å². The minimum absolute atomic E-state index is 0.774.